The van der Waals surface area contributed by atoms with E-state index in [1.54, 1.807) is 24.3 Å². The zero-order chi connectivity index (χ0) is 17.6. The zero-order valence-corrected chi connectivity index (χ0v) is 13.7. The lowest BCUT2D eigenvalue weighted by molar-refractivity contribution is 0.100. The molecule has 0 aliphatic rings. The van der Waals surface area contributed by atoms with Crippen molar-refractivity contribution in [1.29, 1.82) is 0 Å². The molecule has 0 spiro atoms. The van der Waals surface area contributed by atoms with E-state index in [2.05, 4.69) is 5.32 Å². The minimum Gasteiger partial charge on any atom is -0.366 e. The Morgan fingerprint density at radius 3 is 2.36 bits per heavy atom. The number of primary amides is 1. The summed E-state index contributed by atoms with van der Waals surface area (Å²) >= 11 is 0. The van der Waals surface area contributed by atoms with Gasteiger partial charge in [0.15, 0.2) is 0 Å². The van der Waals surface area contributed by atoms with Crippen molar-refractivity contribution in [1.82, 2.24) is 5.32 Å². The molecule has 0 unspecified atom stereocenters. The topological polar surface area (TPSA) is 55.1 Å². The second-order valence-corrected chi connectivity index (χ2v) is 5.84. The van der Waals surface area contributed by atoms with Crippen LogP contribution >= 0.6 is 0 Å². The Morgan fingerprint density at radius 2 is 1.64 bits per heavy atom. The highest BCUT2D eigenvalue weighted by Crippen LogP contribution is 2.21. The normalized spacial score (nSPS) is 10.6. The van der Waals surface area contributed by atoms with Crippen molar-refractivity contribution < 1.29 is 9.18 Å². The Bertz CT molecular complexity index is 875. The Hall–Kier alpha value is -2.98. The van der Waals surface area contributed by atoms with Gasteiger partial charge in [0.2, 0.25) is 5.91 Å². The molecule has 3 aromatic carbocycles. The quantitative estimate of drug-likeness (QED) is 0.719. The minimum atomic E-state index is -0.434. The van der Waals surface area contributed by atoms with Gasteiger partial charge in [0, 0.05) is 24.2 Å². The Labute approximate surface area is 146 Å². The number of nitrogens with two attached hydrogens (primary N) is 1. The summed E-state index contributed by atoms with van der Waals surface area (Å²) < 4.78 is 13.6. The van der Waals surface area contributed by atoms with Gasteiger partial charge in [0.1, 0.15) is 5.82 Å². The average molecular weight is 334 g/mol. The Morgan fingerprint density at radius 1 is 0.880 bits per heavy atom. The van der Waals surface area contributed by atoms with E-state index in [-0.39, 0.29) is 5.82 Å². The highest BCUT2D eigenvalue weighted by molar-refractivity contribution is 5.94. The molecule has 4 heteroatoms. The first-order chi connectivity index (χ1) is 12.1. The van der Waals surface area contributed by atoms with Crippen LogP contribution in [0.1, 0.15) is 21.5 Å². The van der Waals surface area contributed by atoms with E-state index in [9.17, 15) is 9.18 Å². The van der Waals surface area contributed by atoms with Crippen LogP contribution in [0.15, 0.2) is 72.8 Å². The van der Waals surface area contributed by atoms with Gasteiger partial charge in [-0.2, -0.15) is 0 Å². The van der Waals surface area contributed by atoms with E-state index in [0.717, 1.165) is 16.7 Å². The summed E-state index contributed by atoms with van der Waals surface area (Å²) in [7, 11) is 0. The number of benzene rings is 3. The van der Waals surface area contributed by atoms with E-state index >= 15 is 0 Å². The first-order valence-electron chi connectivity index (χ1n) is 8.07. The second-order valence-electron chi connectivity index (χ2n) is 5.84. The molecule has 0 aromatic heterocycles. The molecular weight excluding hydrogens is 315 g/mol. The average Bonchev–Trinajstić information content (AvgIpc) is 2.64. The van der Waals surface area contributed by atoms with Crippen molar-refractivity contribution in [2.45, 2.75) is 13.1 Å². The number of carbonyl (C=O) groups is 1. The number of rotatable bonds is 6. The van der Waals surface area contributed by atoms with Crippen molar-refractivity contribution in [2.24, 2.45) is 5.73 Å². The molecule has 0 aliphatic carbocycles. The predicted molar refractivity (Wildman–Crippen MR) is 97.3 cm³/mol. The maximum Gasteiger partial charge on any atom is 0.248 e. The molecule has 1 amide bonds. The van der Waals surface area contributed by atoms with Crippen LogP contribution in [0, 0.1) is 5.82 Å². The van der Waals surface area contributed by atoms with Crippen LogP contribution in [-0.4, -0.2) is 5.91 Å². The predicted octanol–water partition coefficient (Wildman–Crippen LogP) is 3.88. The van der Waals surface area contributed by atoms with Crippen LogP contribution in [0.2, 0.25) is 0 Å². The Balaban J connectivity index is 1.63. The molecule has 0 saturated heterocycles. The van der Waals surface area contributed by atoms with Gasteiger partial charge < -0.3 is 11.1 Å². The van der Waals surface area contributed by atoms with Crippen LogP contribution in [0.25, 0.3) is 11.1 Å². The van der Waals surface area contributed by atoms with E-state index in [0.29, 0.717) is 24.2 Å². The lowest BCUT2D eigenvalue weighted by Gasteiger charge is -2.08. The van der Waals surface area contributed by atoms with Gasteiger partial charge >= 0.3 is 0 Å². The second kappa shape index (κ2) is 7.73. The highest BCUT2D eigenvalue weighted by Gasteiger charge is 2.04. The van der Waals surface area contributed by atoms with Gasteiger partial charge in [-0.1, -0.05) is 54.6 Å². The fourth-order valence-electron chi connectivity index (χ4n) is 2.65. The van der Waals surface area contributed by atoms with Gasteiger partial charge in [-0.15, -0.1) is 0 Å². The highest BCUT2D eigenvalue weighted by atomic mass is 19.1. The fraction of sp³-hybridized carbons (Fsp3) is 0.0952. The number of hydrogen-bond acceptors (Lipinski definition) is 2. The number of amides is 1. The molecule has 3 aromatic rings. The smallest absolute Gasteiger partial charge is 0.248 e. The summed E-state index contributed by atoms with van der Waals surface area (Å²) in [5.41, 5.74) is 9.54. The standard InChI is InChI=1S/C21H19FN2O/c22-20-7-2-1-4-19(20)14-24-13-15-8-10-16(11-9-15)17-5-3-6-18(12-17)21(23)25/h1-12,24H,13-14H2,(H2,23,25). The molecule has 3 N–H and O–H groups in total. The van der Waals surface area contributed by atoms with E-state index in [4.69, 9.17) is 5.73 Å². The van der Waals surface area contributed by atoms with E-state index in [1.807, 2.05) is 42.5 Å². The van der Waals surface area contributed by atoms with Gasteiger partial charge in [0.25, 0.3) is 0 Å². The summed E-state index contributed by atoms with van der Waals surface area (Å²) in [4.78, 5) is 11.3. The summed E-state index contributed by atoms with van der Waals surface area (Å²) in [6.07, 6.45) is 0. The molecule has 0 saturated carbocycles. The minimum absolute atomic E-state index is 0.195. The van der Waals surface area contributed by atoms with Crippen LogP contribution < -0.4 is 11.1 Å². The lowest BCUT2D eigenvalue weighted by atomic mass is 10.0. The maximum atomic E-state index is 13.6. The largest absolute Gasteiger partial charge is 0.366 e. The summed E-state index contributed by atoms with van der Waals surface area (Å²) in [6, 6.07) is 22.0. The van der Waals surface area contributed by atoms with Gasteiger partial charge in [-0.3, -0.25) is 4.79 Å². The zero-order valence-electron chi connectivity index (χ0n) is 13.7. The Kier molecular flexibility index (Phi) is 5.21. The van der Waals surface area contributed by atoms with Gasteiger partial charge in [-0.25, -0.2) is 4.39 Å². The van der Waals surface area contributed by atoms with Crippen LogP contribution in [0.4, 0.5) is 4.39 Å². The molecule has 3 rings (SSSR count). The molecule has 0 bridgehead atoms. The molecule has 25 heavy (non-hydrogen) atoms. The number of hydrogen-bond donors (Lipinski definition) is 2. The summed E-state index contributed by atoms with van der Waals surface area (Å²) in [5.74, 6) is -0.629. The molecule has 3 nitrogen and oxygen atoms in total. The third kappa shape index (κ3) is 4.31. The van der Waals surface area contributed by atoms with E-state index < -0.39 is 5.91 Å². The van der Waals surface area contributed by atoms with Crippen molar-refractivity contribution in [2.75, 3.05) is 0 Å². The fourth-order valence-corrected chi connectivity index (χ4v) is 2.65. The molecule has 0 radical (unpaired) electrons. The molecule has 0 atom stereocenters. The molecule has 126 valence electrons. The summed E-state index contributed by atoms with van der Waals surface area (Å²) in [6.45, 7) is 1.13. The van der Waals surface area contributed by atoms with Gasteiger partial charge in [-0.05, 0) is 34.9 Å². The molecule has 0 fully saturated rings. The maximum absolute atomic E-state index is 13.6. The van der Waals surface area contributed by atoms with Crippen LogP contribution in [0.3, 0.4) is 0 Å². The van der Waals surface area contributed by atoms with Crippen molar-refractivity contribution >= 4 is 5.91 Å². The third-order valence-corrected chi connectivity index (χ3v) is 4.04. The first kappa shape index (κ1) is 16.9. The van der Waals surface area contributed by atoms with Crippen molar-refractivity contribution in [3.63, 3.8) is 0 Å². The monoisotopic (exact) mass is 334 g/mol. The molecular formula is C21H19FN2O. The van der Waals surface area contributed by atoms with Gasteiger partial charge in [0.05, 0.1) is 0 Å². The molecule has 0 heterocycles. The van der Waals surface area contributed by atoms with Crippen molar-refractivity contribution in [3.05, 3.63) is 95.3 Å². The SMILES string of the molecule is NC(=O)c1cccc(-c2ccc(CNCc3ccccc3F)cc2)c1. The first-order valence-corrected chi connectivity index (χ1v) is 8.07. The number of nitrogens with one attached hydrogen (secondary N) is 1. The van der Waals surface area contributed by atoms with Crippen LogP contribution in [-0.2, 0) is 13.1 Å². The number of carbonyl (C=O) groups excluding carboxylic acids is 1. The molecule has 0 aliphatic heterocycles. The lowest BCUT2D eigenvalue weighted by Crippen LogP contribution is -2.13. The van der Waals surface area contributed by atoms with Crippen molar-refractivity contribution in [3.8, 4) is 11.1 Å². The number of halogens is 1. The van der Waals surface area contributed by atoms with E-state index in [1.165, 1.54) is 6.07 Å². The van der Waals surface area contributed by atoms with Crippen LogP contribution in [0.5, 0.6) is 0 Å². The summed E-state index contributed by atoms with van der Waals surface area (Å²) in [5, 5.41) is 3.24. The third-order valence-electron chi connectivity index (χ3n) is 4.04.